The zero-order valence-corrected chi connectivity index (χ0v) is 9.66. The van der Waals surface area contributed by atoms with Crippen molar-refractivity contribution in [2.45, 2.75) is 33.7 Å². The van der Waals surface area contributed by atoms with Crippen molar-refractivity contribution in [2.75, 3.05) is 13.2 Å². The van der Waals surface area contributed by atoms with Gasteiger partial charge in [-0.25, -0.2) is 0 Å². The summed E-state index contributed by atoms with van der Waals surface area (Å²) in [6.07, 6.45) is 0. The van der Waals surface area contributed by atoms with Gasteiger partial charge in [0.2, 0.25) is 0 Å². The van der Waals surface area contributed by atoms with Crippen molar-refractivity contribution in [3.8, 4) is 0 Å². The Hall–Kier alpha value is -1.10. The molecule has 0 aromatic carbocycles. The van der Waals surface area contributed by atoms with Gasteiger partial charge in [0.05, 0.1) is 13.2 Å². The summed E-state index contributed by atoms with van der Waals surface area (Å²) < 4.78 is 4.69. The fourth-order valence-corrected chi connectivity index (χ4v) is 1.16. The molecule has 0 fully saturated rings. The third kappa shape index (κ3) is 5.37. The Morgan fingerprint density at radius 1 is 1.40 bits per heavy atom. The number of nitrogens with one attached hydrogen (secondary N) is 1. The number of carbonyl (C=O) groups is 2. The molecule has 15 heavy (non-hydrogen) atoms. The normalized spacial score (nSPS) is 13.3. The summed E-state index contributed by atoms with van der Waals surface area (Å²) in [5.74, 6) is -1.40. The molecule has 0 saturated heterocycles. The predicted molar refractivity (Wildman–Crippen MR) is 55.5 cm³/mol. The molecule has 0 unspecified atom stereocenters. The van der Waals surface area contributed by atoms with Crippen molar-refractivity contribution in [3.05, 3.63) is 0 Å². The summed E-state index contributed by atoms with van der Waals surface area (Å²) in [6, 6.07) is -0.762. The average Bonchev–Trinajstić information content (AvgIpc) is 2.01. The van der Waals surface area contributed by atoms with Gasteiger partial charge < -0.3 is 9.84 Å². The summed E-state index contributed by atoms with van der Waals surface area (Å²) in [5.41, 5.74) is -0.446. The molecular weight excluding hydrogens is 198 g/mol. The zero-order valence-electron chi connectivity index (χ0n) is 9.66. The molecule has 0 radical (unpaired) electrons. The van der Waals surface area contributed by atoms with Crippen molar-refractivity contribution >= 4 is 11.9 Å². The van der Waals surface area contributed by atoms with Crippen molar-refractivity contribution in [3.63, 3.8) is 0 Å². The van der Waals surface area contributed by atoms with Crippen LogP contribution in [0.4, 0.5) is 0 Å². The third-order valence-corrected chi connectivity index (χ3v) is 1.87. The number of carbonyl (C=O) groups excluding carboxylic acids is 1. The maximum Gasteiger partial charge on any atom is 0.321 e. The van der Waals surface area contributed by atoms with E-state index in [4.69, 9.17) is 9.84 Å². The first-order valence-electron chi connectivity index (χ1n) is 4.90. The number of carboxylic acids is 1. The van der Waals surface area contributed by atoms with Gasteiger partial charge in [-0.2, -0.15) is 0 Å². The van der Waals surface area contributed by atoms with Crippen LogP contribution in [0, 0.1) is 5.41 Å². The molecule has 2 N–H and O–H groups in total. The molecule has 0 aliphatic rings. The first-order valence-corrected chi connectivity index (χ1v) is 4.90. The van der Waals surface area contributed by atoms with E-state index in [1.165, 1.54) is 0 Å². The van der Waals surface area contributed by atoms with Crippen molar-refractivity contribution in [2.24, 2.45) is 5.41 Å². The molecule has 0 aromatic rings. The third-order valence-electron chi connectivity index (χ3n) is 1.87. The molecule has 0 aliphatic carbocycles. The standard InChI is InChI=1S/C10H19NO4/c1-5-15-7(12)6-11-8(9(13)14)10(2,3)4/h8,11H,5-6H2,1-4H3,(H,13,14)/t8-/m1/s1. The molecular formula is C10H19NO4. The van der Waals surface area contributed by atoms with Crippen LogP contribution in [0.15, 0.2) is 0 Å². The summed E-state index contributed by atoms with van der Waals surface area (Å²) >= 11 is 0. The van der Waals surface area contributed by atoms with Crippen LogP contribution in [0.5, 0.6) is 0 Å². The summed E-state index contributed by atoms with van der Waals surface area (Å²) in [4.78, 5) is 21.9. The Labute approximate surface area is 89.8 Å². The van der Waals surface area contributed by atoms with E-state index >= 15 is 0 Å². The monoisotopic (exact) mass is 217 g/mol. The summed E-state index contributed by atoms with van der Waals surface area (Å²) in [5, 5.41) is 11.6. The highest BCUT2D eigenvalue weighted by Gasteiger charge is 2.31. The second-order valence-electron chi connectivity index (χ2n) is 4.32. The predicted octanol–water partition coefficient (Wildman–Crippen LogP) is 0.638. The maximum absolute atomic E-state index is 11.0. The van der Waals surface area contributed by atoms with Crippen molar-refractivity contribution < 1.29 is 19.4 Å². The lowest BCUT2D eigenvalue weighted by atomic mass is 9.87. The number of ether oxygens (including phenoxy) is 1. The van der Waals surface area contributed by atoms with Crippen LogP contribution in [0.25, 0.3) is 0 Å². The molecule has 1 atom stereocenters. The number of aliphatic carboxylic acids is 1. The summed E-state index contributed by atoms with van der Waals surface area (Å²) in [7, 11) is 0. The number of rotatable bonds is 5. The minimum absolute atomic E-state index is 0.0813. The van der Waals surface area contributed by atoms with Gasteiger partial charge in [-0.05, 0) is 12.3 Å². The van der Waals surface area contributed by atoms with E-state index < -0.39 is 23.4 Å². The van der Waals surface area contributed by atoms with E-state index in [-0.39, 0.29) is 6.54 Å². The van der Waals surface area contributed by atoms with E-state index in [1.807, 2.05) is 0 Å². The van der Waals surface area contributed by atoms with Gasteiger partial charge >= 0.3 is 11.9 Å². The Bertz CT molecular complexity index is 232. The van der Waals surface area contributed by atoms with Gasteiger partial charge in [0.25, 0.3) is 0 Å². The molecule has 88 valence electrons. The van der Waals surface area contributed by atoms with Crippen molar-refractivity contribution in [1.82, 2.24) is 5.32 Å². The lowest BCUT2D eigenvalue weighted by Gasteiger charge is -2.27. The van der Waals surface area contributed by atoms with E-state index in [0.29, 0.717) is 6.61 Å². The summed E-state index contributed by atoms with van der Waals surface area (Å²) in [6.45, 7) is 7.31. The van der Waals surface area contributed by atoms with E-state index in [2.05, 4.69) is 5.32 Å². The first kappa shape index (κ1) is 13.9. The van der Waals surface area contributed by atoms with Crippen LogP contribution in [-0.2, 0) is 14.3 Å². The van der Waals surface area contributed by atoms with Crippen molar-refractivity contribution in [1.29, 1.82) is 0 Å². The Morgan fingerprint density at radius 3 is 2.27 bits per heavy atom. The second-order valence-corrected chi connectivity index (χ2v) is 4.32. The maximum atomic E-state index is 11.0. The highest BCUT2D eigenvalue weighted by molar-refractivity contribution is 5.77. The van der Waals surface area contributed by atoms with Crippen LogP contribution in [0.1, 0.15) is 27.7 Å². The van der Waals surface area contributed by atoms with Crippen LogP contribution in [0.3, 0.4) is 0 Å². The fraction of sp³-hybridized carbons (Fsp3) is 0.800. The Kier molecular flexibility index (Phi) is 5.28. The first-order chi connectivity index (χ1) is 6.79. The van der Waals surface area contributed by atoms with Crippen LogP contribution in [-0.4, -0.2) is 36.2 Å². The van der Waals surface area contributed by atoms with Crippen LogP contribution < -0.4 is 5.32 Å². The van der Waals surface area contributed by atoms with Gasteiger partial charge in [0, 0.05) is 0 Å². The van der Waals surface area contributed by atoms with E-state index in [9.17, 15) is 9.59 Å². The minimum atomic E-state index is -0.966. The quantitative estimate of drug-likeness (QED) is 0.661. The van der Waals surface area contributed by atoms with E-state index in [0.717, 1.165) is 0 Å². The Morgan fingerprint density at radius 2 is 1.93 bits per heavy atom. The van der Waals surface area contributed by atoms with Crippen LogP contribution >= 0.6 is 0 Å². The average molecular weight is 217 g/mol. The molecule has 5 heteroatoms. The number of carboxylic acid groups (broad SMARTS) is 1. The van der Waals surface area contributed by atoms with Gasteiger partial charge in [-0.15, -0.1) is 0 Å². The second kappa shape index (κ2) is 5.70. The zero-order chi connectivity index (χ0) is 12.1. The highest BCUT2D eigenvalue weighted by atomic mass is 16.5. The molecule has 0 saturated carbocycles. The number of esters is 1. The molecule has 0 spiro atoms. The highest BCUT2D eigenvalue weighted by Crippen LogP contribution is 2.19. The minimum Gasteiger partial charge on any atom is -0.480 e. The molecule has 0 bridgehead atoms. The molecule has 0 aliphatic heterocycles. The van der Waals surface area contributed by atoms with Gasteiger partial charge in [0.15, 0.2) is 0 Å². The van der Waals surface area contributed by atoms with Gasteiger partial charge in [0.1, 0.15) is 6.04 Å². The molecule has 0 heterocycles. The molecule has 0 amide bonds. The molecule has 0 aromatic heterocycles. The fourth-order valence-electron chi connectivity index (χ4n) is 1.16. The smallest absolute Gasteiger partial charge is 0.321 e. The lowest BCUT2D eigenvalue weighted by molar-refractivity contribution is -0.144. The van der Waals surface area contributed by atoms with Gasteiger partial charge in [-0.1, -0.05) is 20.8 Å². The SMILES string of the molecule is CCOC(=O)CN[C@H](C(=O)O)C(C)(C)C. The number of hydrogen-bond donors (Lipinski definition) is 2. The van der Waals surface area contributed by atoms with E-state index in [1.54, 1.807) is 27.7 Å². The topological polar surface area (TPSA) is 75.6 Å². The largest absolute Gasteiger partial charge is 0.480 e. The van der Waals surface area contributed by atoms with Crippen LogP contribution in [0.2, 0.25) is 0 Å². The Balaban J connectivity index is 4.21. The molecule has 5 nitrogen and oxygen atoms in total. The lowest BCUT2D eigenvalue weighted by Crippen LogP contribution is -2.48. The van der Waals surface area contributed by atoms with Gasteiger partial charge in [-0.3, -0.25) is 14.9 Å². The molecule has 0 rings (SSSR count). The number of hydrogen-bond acceptors (Lipinski definition) is 4.